The van der Waals surface area contributed by atoms with Gasteiger partial charge in [0, 0.05) is 5.56 Å². The van der Waals surface area contributed by atoms with Gasteiger partial charge in [0.2, 0.25) is 11.6 Å². The topological polar surface area (TPSA) is 112 Å². The monoisotopic (exact) mass is 415 g/mol. The molecule has 0 saturated carbocycles. The average molecular weight is 415 g/mol. The first-order chi connectivity index (χ1) is 15.1. The summed E-state index contributed by atoms with van der Waals surface area (Å²) in [4.78, 5) is 30.3. The molecular formula is C22H17N5O4. The molecule has 0 N–H and O–H groups in total. The van der Waals surface area contributed by atoms with Gasteiger partial charge in [0.15, 0.2) is 0 Å². The molecule has 0 radical (unpaired) electrons. The summed E-state index contributed by atoms with van der Waals surface area (Å²) >= 11 is 0. The second kappa shape index (κ2) is 8.12. The molecule has 0 spiro atoms. The Labute approximate surface area is 176 Å². The van der Waals surface area contributed by atoms with Gasteiger partial charge in [-0.3, -0.25) is 4.79 Å². The molecule has 4 rings (SSSR count). The summed E-state index contributed by atoms with van der Waals surface area (Å²) in [6.45, 7) is 1.76. The molecule has 0 aliphatic rings. The first-order valence-corrected chi connectivity index (χ1v) is 9.42. The van der Waals surface area contributed by atoms with E-state index < -0.39 is 11.5 Å². The molecule has 0 saturated heterocycles. The van der Waals surface area contributed by atoms with Crippen LogP contribution in [0.1, 0.15) is 23.1 Å². The second-order valence-electron chi connectivity index (χ2n) is 6.41. The van der Waals surface area contributed by atoms with Crippen molar-refractivity contribution in [2.75, 3.05) is 13.7 Å². The molecule has 2 aromatic carbocycles. The molecule has 0 unspecified atom stereocenters. The maximum Gasteiger partial charge on any atom is 0.376 e. The van der Waals surface area contributed by atoms with E-state index in [1.807, 2.05) is 12.1 Å². The zero-order valence-corrected chi connectivity index (χ0v) is 16.8. The Kier molecular flexibility index (Phi) is 5.20. The molecular weight excluding hydrogens is 398 g/mol. The van der Waals surface area contributed by atoms with Crippen molar-refractivity contribution >= 4 is 11.7 Å². The number of fused-ring (bicyclic) bond motifs is 1. The van der Waals surface area contributed by atoms with E-state index in [1.54, 1.807) is 62.6 Å². The number of carbonyl (C=O) groups is 1. The Morgan fingerprint density at radius 3 is 2.45 bits per heavy atom. The minimum Gasteiger partial charge on any atom is -0.497 e. The van der Waals surface area contributed by atoms with Gasteiger partial charge in [-0.1, -0.05) is 18.2 Å². The van der Waals surface area contributed by atoms with Gasteiger partial charge in [-0.05, 0) is 43.3 Å². The van der Waals surface area contributed by atoms with Crippen LogP contribution in [0.15, 0.2) is 59.4 Å². The number of benzene rings is 2. The molecule has 0 fully saturated rings. The number of nitrogens with zero attached hydrogens (tertiary/aromatic N) is 5. The van der Waals surface area contributed by atoms with Gasteiger partial charge in [-0.15, -0.1) is 5.10 Å². The number of para-hydroxylation sites is 1. The van der Waals surface area contributed by atoms with E-state index in [0.717, 1.165) is 4.40 Å². The van der Waals surface area contributed by atoms with Gasteiger partial charge in [-0.2, -0.15) is 9.94 Å². The Morgan fingerprint density at radius 2 is 1.84 bits per heavy atom. The second-order valence-corrected chi connectivity index (χ2v) is 6.41. The summed E-state index contributed by atoms with van der Waals surface area (Å²) in [6.07, 6.45) is 0. The fourth-order valence-electron chi connectivity index (χ4n) is 3.16. The van der Waals surface area contributed by atoms with Gasteiger partial charge in [-0.25, -0.2) is 14.2 Å². The summed E-state index contributed by atoms with van der Waals surface area (Å²) < 4.78 is 12.6. The number of hydrogen-bond acceptors (Lipinski definition) is 7. The van der Waals surface area contributed by atoms with Crippen LogP contribution >= 0.6 is 0 Å². The predicted octanol–water partition coefficient (Wildman–Crippen LogP) is 2.60. The van der Waals surface area contributed by atoms with Gasteiger partial charge in [0.1, 0.15) is 17.4 Å². The van der Waals surface area contributed by atoms with E-state index in [4.69, 9.17) is 9.47 Å². The number of carbonyl (C=O) groups excluding carboxylic acids is 1. The highest BCUT2D eigenvalue weighted by molar-refractivity contribution is 5.86. The zero-order valence-electron chi connectivity index (χ0n) is 16.8. The molecule has 31 heavy (non-hydrogen) atoms. The van der Waals surface area contributed by atoms with Crippen LogP contribution in [-0.4, -0.2) is 38.9 Å². The van der Waals surface area contributed by atoms with Crippen LogP contribution in [-0.2, 0) is 4.74 Å². The van der Waals surface area contributed by atoms with Crippen molar-refractivity contribution in [3.8, 4) is 28.8 Å². The lowest BCUT2D eigenvalue weighted by Crippen LogP contribution is -2.23. The van der Waals surface area contributed by atoms with Crippen molar-refractivity contribution in [1.29, 1.82) is 5.26 Å². The summed E-state index contributed by atoms with van der Waals surface area (Å²) in [5, 5.41) is 14.0. The minimum absolute atomic E-state index is 0.0871. The summed E-state index contributed by atoms with van der Waals surface area (Å²) in [6, 6.07) is 17.7. The average Bonchev–Trinajstić information content (AvgIpc) is 3.20. The minimum atomic E-state index is -0.785. The third kappa shape index (κ3) is 3.40. The van der Waals surface area contributed by atoms with E-state index in [-0.39, 0.29) is 29.5 Å². The molecule has 0 bridgehead atoms. The van der Waals surface area contributed by atoms with Gasteiger partial charge in [0.05, 0.1) is 25.1 Å². The van der Waals surface area contributed by atoms with E-state index in [1.165, 1.54) is 4.68 Å². The Balaban J connectivity index is 2.07. The molecule has 0 aliphatic carbocycles. The lowest BCUT2D eigenvalue weighted by molar-refractivity contribution is 0.0509. The highest BCUT2D eigenvalue weighted by atomic mass is 16.5. The highest BCUT2D eigenvalue weighted by Gasteiger charge is 2.25. The van der Waals surface area contributed by atoms with Crippen molar-refractivity contribution in [1.82, 2.24) is 19.2 Å². The summed E-state index contributed by atoms with van der Waals surface area (Å²) in [5.41, 5.74) is 0.412. The Morgan fingerprint density at radius 1 is 1.13 bits per heavy atom. The first-order valence-electron chi connectivity index (χ1n) is 9.42. The SMILES string of the molecule is CCOC(=O)c1nn(-c2ccccc2)c2nc(-c3ccc(OC)cc3)c(C#N)c(=O)n12. The van der Waals surface area contributed by atoms with E-state index in [2.05, 4.69) is 10.1 Å². The molecule has 4 aromatic rings. The van der Waals surface area contributed by atoms with Gasteiger partial charge in [0.25, 0.3) is 5.56 Å². The van der Waals surface area contributed by atoms with Crippen molar-refractivity contribution in [3.63, 3.8) is 0 Å². The third-order valence-corrected chi connectivity index (χ3v) is 4.60. The number of nitriles is 1. The maximum absolute atomic E-state index is 13.3. The molecule has 0 amide bonds. The highest BCUT2D eigenvalue weighted by Crippen LogP contribution is 2.24. The molecule has 154 valence electrons. The fraction of sp³-hybridized carbons (Fsp3) is 0.136. The normalized spacial score (nSPS) is 10.6. The molecule has 9 nitrogen and oxygen atoms in total. The van der Waals surface area contributed by atoms with Crippen LogP contribution in [0.3, 0.4) is 0 Å². The third-order valence-electron chi connectivity index (χ3n) is 4.60. The van der Waals surface area contributed by atoms with Crippen molar-refractivity contribution < 1.29 is 14.3 Å². The van der Waals surface area contributed by atoms with Gasteiger partial charge < -0.3 is 9.47 Å². The van der Waals surface area contributed by atoms with Gasteiger partial charge >= 0.3 is 5.97 Å². The standard InChI is InChI=1S/C22H17N5O4/c1-3-31-21(29)19-25-27(15-7-5-4-6-8-15)22-24-18(17(13-23)20(28)26(19)22)14-9-11-16(30-2)12-10-14/h4-12H,3H2,1-2H3. The Bertz CT molecular complexity index is 1370. The van der Waals surface area contributed by atoms with Crippen LogP contribution in [0.5, 0.6) is 5.75 Å². The lowest BCUT2D eigenvalue weighted by Gasteiger charge is -2.07. The predicted molar refractivity (Wildman–Crippen MR) is 111 cm³/mol. The molecule has 2 heterocycles. The number of methoxy groups -OCH3 is 1. The van der Waals surface area contributed by atoms with Crippen LogP contribution in [0.25, 0.3) is 22.7 Å². The van der Waals surface area contributed by atoms with Crippen LogP contribution in [0, 0.1) is 11.3 Å². The van der Waals surface area contributed by atoms with Crippen molar-refractivity contribution in [2.24, 2.45) is 0 Å². The zero-order chi connectivity index (χ0) is 22.0. The summed E-state index contributed by atoms with van der Waals surface area (Å²) in [5.74, 6) is -0.328. The van der Waals surface area contributed by atoms with E-state index >= 15 is 0 Å². The number of ether oxygens (including phenoxy) is 2. The molecule has 0 atom stereocenters. The number of aromatic nitrogens is 4. The van der Waals surface area contributed by atoms with E-state index in [0.29, 0.717) is 17.0 Å². The fourth-order valence-corrected chi connectivity index (χ4v) is 3.16. The first kappa shape index (κ1) is 19.8. The molecule has 9 heteroatoms. The number of esters is 1. The smallest absolute Gasteiger partial charge is 0.376 e. The maximum atomic E-state index is 13.3. The molecule has 0 aliphatic heterocycles. The van der Waals surface area contributed by atoms with Crippen LogP contribution in [0.2, 0.25) is 0 Å². The van der Waals surface area contributed by atoms with Crippen molar-refractivity contribution in [2.45, 2.75) is 6.92 Å². The number of hydrogen-bond donors (Lipinski definition) is 0. The quantitative estimate of drug-likeness (QED) is 0.461. The largest absolute Gasteiger partial charge is 0.497 e. The summed E-state index contributed by atoms with van der Waals surface area (Å²) in [7, 11) is 1.54. The Hall–Kier alpha value is -4.45. The van der Waals surface area contributed by atoms with Crippen LogP contribution < -0.4 is 10.3 Å². The number of rotatable bonds is 5. The van der Waals surface area contributed by atoms with E-state index in [9.17, 15) is 14.9 Å². The lowest BCUT2D eigenvalue weighted by atomic mass is 10.1. The van der Waals surface area contributed by atoms with Crippen molar-refractivity contribution in [3.05, 3.63) is 76.3 Å². The van der Waals surface area contributed by atoms with Crippen LogP contribution in [0.4, 0.5) is 0 Å². The molecule has 2 aromatic heterocycles.